The summed E-state index contributed by atoms with van der Waals surface area (Å²) in [5.74, 6) is 1.87. The molecule has 0 atom stereocenters. The summed E-state index contributed by atoms with van der Waals surface area (Å²) in [5.41, 5.74) is -0.101. The summed E-state index contributed by atoms with van der Waals surface area (Å²) in [6.07, 6.45) is 0. The monoisotopic (exact) mass is 309 g/mol. The van der Waals surface area contributed by atoms with Gasteiger partial charge in [-0.1, -0.05) is 11.6 Å². The number of ether oxygens (including phenoxy) is 3. The molecule has 110 valence electrons. The van der Waals surface area contributed by atoms with Gasteiger partial charge in [-0.3, -0.25) is 10.1 Å². The highest BCUT2D eigenvalue weighted by Gasteiger charge is 2.12. The normalized spacial score (nSPS) is 10.0. The molecule has 21 heavy (non-hydrogen) atoms. The average molecular weight is 310 g/mol. The fraction of sp³-hybridized carbons (Fsp3) is 0.143. The van der Waals surface area contributed by atoms with Crippen LogP contribution in [0.2, 0.25) is 5.02 Å². The van der Waals surface area contributed by atoms with Gasteiger partial charge in [0.05, 0.1) is 24.2 Å². The van der Waals surface area contributed by atoms with E-state index in [0.29, 0.717) is 23.0 Å². The number of non-ortho nitro benzene ring substituents is 1. The lowest BCUT2D eigenvalue weighted by Gasteiger charge is -2.10. The third-order valence-electron chi connectivity index (χ3n) is 2.68. The van der Waals surface area contributed by atoms with Crippen LogP contribution in [0, 0.1) is 10.1 Å². The van der Waals surface area contributed by atoms with E-state index >= 15 is 0 Å². The molecule has 0 aromatic heterocycles. The molecule has 0 heterocycles. The molecule has 0 radical (unpaired) electrons. The Morgan fingerprint density at radius 2 is 1.57 bits per heavy atom. The van der Waals surface area contributed by atoms with Gasteiger partial charge in [0.2, 0.25) is 0 Å². The lowest BCUT2D eigenvalue weighted by Crippen LogP contribution is -1.92. The van der Waals surface area contributed by atoms with Gasteiger partial charge in [0.15, 0.2) is 0 Å². The number of methoxy groups -OCH3 is 2. The quantitative estimate of drug-likeness (QED) is 0.615. The lowest BCUT2D eigenvalue weighted by atomic mass is 10.3. The van der Waals surface area contributed by atoms with Gasteiger partial charge < -0.3 is 14.2 Å². The van der Waals surface area contributed by atoms with Gasteiger partial charge >= 0.3 is 0 Å². The first-order valence-electron chi connectivity index (χ1n) is 5.88. The van der Waals surface area contributed by atoms with Crippen LogP contribution >= 0.6 is 11.6 Å². The maximum Gasteiger partial charge on any atom is 0.271 e. The van der Waals surface area contributed by atoms with Crippen molar-refractivity contribution in [3.05, 3.63) is 51.5 Å². The molecule has 6 nitrogen and oxygen atoms in total. The second kappa shape index (κ2) is 6.32. The molecular weight excluding hydrogens is 298 g/mol. The summed E-state index contributed by atoms with van der Waals surface area (Å²) < 4.78 is 15.9. The summed E-state index contributed by atoms with van der Waals surface area (Å²) in [5, 5.41) is 10.8. The smallest absolute Gasteiger partial charge is 0.271 e. The summed E-state index contributed by atoms with van der Waals surface area (Å²) in [6.45, 7) is 0. The average Bonchev–Trinajstić information content (AvgIpc) is 2.48. The first kappa shape index (κ1) is 14.9. The molecule has 0 saturated carbocycles. The predicted molar refractivity (Wildman–Crippen MR) is 77.7 cm³/mol. The van der Waals surface area contributed by atoms with Crippen LogP contribution in [0.1, 0.15) is 0 Å². The minimum absolute atomic E-state index is 0.101. The van der Waals surface area contributed by atoms with Gasteiger partial charge in [-0.25, -0.2) is 0 Å². The third-order valence-corrected chi connectivity index (χ3v) is 2.97. The van der Waals surface area contributed by atoms with Crippen molar-refractivity contribution >= 4 is 17.3 Å². The Bertz CT molecular complexity index is 652. The van der Waals surface area contributed by atoms with Crippen molar-refractivity contribution in [2.24, 2.45) is 0 Å². The number of rotatable bonds is 5. The minimum atomic E-state index is -0.524. The van der Waals surface area contributed by atoms with Crippen LogP contribution in [0.25, 0.3) is 0 Å². The second-order valence-corrected chi connectivity index (χ2v) is 4.43. The standard InChI is InChI=1S/C14H12ClNO5/c1-19-10-6-11(20-2)8-12(7-10)21-14-4-3-9(16(17)18)5-13(14)15/h3-8H,1-2H3. The highest BCUT2D eigenvalue weighted by Crippen LogP contribution is 2.35. The number of nitrogens with zero attached hydrogens (tertiary/aromatic N) is 1. The van der Waals surface area contributed by atoms with Crippen molar-refractivity contribution in [3.63, 3.8) is 0 Å². The van der Waals surface area contributed by atoms with Gasteiger partial charge in [0.1, 0.15) is 23.0 Å². The van der Waals surface area contributed by atoms with Crippen LogP contribution in [0.5, 0.6) is 23.0 Å². The molecule has 0 spiro atoms. The zero-order valence-corrected chi connectivity index (χ0v) is 12.1. The molecule has 2 rings (SSSR count). The van der Waals surface area contributed by atoms with Gasteiger partial charge in [0, 0.05) is 30.3 Å². The first-order valence-corrected chi connectivity index (χ1v) is 6.26. The zero-order chi connectivity index (χ0) is 15.4. The Hall–Kier alpha value is -2.47. The Morgan fingerprint density at radius 3 is 2.05 bits per heavy atom. The van der Waals surface area contributed by atoms with Crippen molar-refractivity contribution in [1.82, 2.24) is 0 Å². The number of benzene rings is 2. The van der Waals surface area contributed by atoms with Crippen LogP contribution in [0.15, 0.2) is 36.4 Å². The summed E-state index contributed by atoms with van der Waals surface area (Å²) in [7, 11) is 3.05. The van der Waals surface area contributed by atoms with Gasteiger partial charge in [-0.2, -0.15) is 0 Å². The third kappa shape index (κ3) is 3.55. The lowest BCUT2D eigenvalue weighted by molar-refractivity contribution is -0.384. The molecule has 0 aliphatic carbocycles. The molecule has 0 N–H and O–H groups in total. The van der Waals surface area contributed by atoms with E-state index in [9.17, 15) is 10.1 Å². The number of hydrogen-bond acceptors (Lipinski definition) is 5. The van der Waals surface area contributed by atoms with E-state index < -0.39 is 4.92 Å². The summed E-state index contributed by atoms with van der Waals surface area (Å²) in [6, 6.07) is 8.99. The van der Waals surface area contributed by atoms with E-state index in [0.717, 1.165) is 0 Å². The fourth-order valence-electron chi connectivity index (χ4n) is 1.65. The van der Waals surface area contributed by atoms with Gasteiger partial charge in [-0.05, 0) is 6.07 Å². The van der Waals surface area contributed by atoms with Crippen molar-refractivity contribution in [2.75, 3.05) is 14.2 Å². The van der Waals surface area contributed by atoms with E-state index in [-0.39, 0.29) is 10.7 Å². The molecule has 7 heteroatoms. The Morgan fingerprint density at radius 1 is 1.00 bits per heavy atom. The van der Waals surface area contributed by atoms with E-state index in [1.165, 1.54) is 32.4 Å². The molecule has 0 amide bonds. The van der Waals surface area contributed by atoms with Crippen LogP contribution in [0.3, 0.4) is 0 Å². The fourth-order valence-corrected chi connectivity index (χ4v) is 1.87. The highest BCUT2D eigenvalue weighted by molar-refractivity contribution is 6.32. The zero-order valence-electron chi connectivity index (χ0n) is 11.3. The molecule has 0 bridgehead atoms. The van der Waals surface area contributed by atoms with Crippen molar-refractivity contribution in [2.45, 2.75) is 0 Å². The topological polar surface area (TPSA) is 70.8 Å². The molecule has 0 fully saturated rings. The van der Waals surface area contributed by atoms with Crippen LogP contribution in [-0.4, -0.2) is 19.1 Å². The minimum Gasteiger partial charge on any atom is -0.496 e. The van der Waals surface area contributed by atoms with E-state index in [2.05, 4.69) is 0 Å². The predicted octanol–water partition coefficient (Wildman–Crippen LogP) is 4.06. The SMILES string of the molecule is COc1cc(OC)cc(Oc2ccc([N+](=O)[O-])cc2Cl)c1. The molecule has 2 aromatic rings. The molecule has 2 aromatic carbocycles. The summed E-state index contributed by atoms with van der Waals surface area (Å²) >= 11 is 5.98. The number of halogens is 1. The maximum absolute atomic E-state index is 10.7. The first-order chi connectivity index (χ1) is 10.0. The van der Waals surface area contributed by atoms with Crippen molar-refractivity contribution < 1.29 is 19.1 Å². The summed E-state index contributed by atoms with van der Waals surface area (Å²) in [4.78, 5) is 10.1. The largest absolute Gasteiger partial charge is 0.496 e. The van der Waals surface area contributed by atoms with Gasteiger partial charge in [0.25, 0.3) is 5.69 Å². The number of hydrogen-bond donors (Lipinski definition) is 0. The van der Waals surface area contributed by atoms with Crippen molar-refractivity contribution in [3.8, 4) is 23.0 Å². The molecule has 0 aliphatic rings. The van der Waals surface area contributed by atoms with Crippen molar-refractivity contribution in [1.29, 1.82) is 0 Å². The van der Waals surface area contributed by atoms with Crippen LogP contribution in [0.4, 0.5) is 5.69 Å². The molecule has 0 unspecified atom stereocenters. The number of nitro groups is 1. The Balaban J connectivity index is 2.31. The van der Waals surface area contributed by atoms with Crippen LogP contribution in [-0.2, 0) is 0 Å². The maximum atomic E-state index is 10.7. The van der Waals surface area contributed by atoms with E-state index in [1.54, 1.807) is 18.2 Å². The number of nitro benzene ring substituents is 1. The van der Waals surface area contributed by atoms with Crippen LogP contribution < -0.4 is 14.2 Å². The van der Waals surface area contributed by atoms with E-state index in [4.69, 9.17) is 25.8 Å². The van der Waals surface area contributed by atoms with Gasteiger partial charge in [-0.15, -0.1) is 0 Å². The Labute approximate surface area is 126 Å². The molecule has 0 aliphatic heterocycles. The molecular formula is C14H12ClNO5. The second-order valence-electron chi connectivity index (χ2n) is 4.02. The van der Waals surface area contributed by atoms with E-state index in [1.807, 2.05) is 0 Å². The molecule has 0 saturated heterocycles. The highest BCUT2D eigenvalue weighted by atomic mass is 35.5. The Kier molecular flexibility index (Phi) is 4.49.